The van der Waals surface area contributed by atoms with Gasteiger partial charge in [-0.2, -0.15) is 5.10 Å². The molecule has 1 aromatic heterocycles. The maximum Gasteiger partial charge on any atom is 0.272 e. The van der Waals surface area contributed by atoms with Crippen molar-refractivity contribution < 1.29 is 14.0 Å². The standard InChI is InChI=1S/C26H23FN4O3/c27-22-8-5-15(10-23-19-3-1-2-4-20(19)24(32)29-28-23)9-21(22)26(34)31-13-17-11-30(12-18(17)14-31)25(33)16-6-7-16/h1-5,8-9,16H,6-7,10-14H2,(H,29,32). The third-order valence-electron chi connectivity index (χ3n) is 6.96. The monoisotopic (exact) mass is 458 g/mol. The molecule has 0 atom stereocenters. The van der Waals surface area contributed by atoms with Crippen molar-refractivity contribution in [3.8, 4) is 0 Å². The first-order valence-electron chi connectivity index (χ1n) is 11.5. The molecule has 3 aromatic rings. The maximum atomic E-state index is 14.7. The highest BCUT2D eigenvalue weighted by molar-refractivity contribution is 5.95. The zero-order valence-corrected chi connectivity index (χ0v) is 18.5. The predicted molar refractivity (Wildman–Crippen MR) is 124 cm³/mol. The molecule has 3 aliphatic rings. The number of rotatable bonds is 4. The molecule has 3 heterocycles. The molecule has 0 bridgehead atoms. The lowest BCUT2D eigenvalue weighted by molar-refractivity contribution is -0.131. The van der Waals surface area contributed by atoms with Crippen molar-refractivity contribution in [3.05, 3.63) is 86.6 Å². The van der Waals surface area contributed by atoms with Crippen LogP contribution in [-0.2, 0) is 11.2 Å². The largest absolute Gasteiger partial charge is 0.334 e. The molecule has 8 heteroatoms. The summed E-state index contributed by atoms with van der Waals surface area (Å²) in [7, 11) is 0. The molecule has 0 radical (unpaired) electrons. The van der Waals surface area contributed by atoms with E-state index in [1.165, 1.54) is 6.07 Å². The zero-order chi connectivity index (χ0) is 23.4. The number of halogens is 1. The molecule has 1 fully saturated rings. The summed E-state index contributed by atoms with van der Waals surface area (Å²) in [5.74, 6) is -0.517. The molecule has 0 unspecified atom stereocenters. The van der Waals surface area contributed by atoms with E-state index in [4.69, 9.17) is 0 Å². The Hall–Kier alpha value is -3.81. The van der Waals surface area contributed by atoms with Gasteiger partial charge in [0.25, 0.3) is 11.5 Å². The van der Waals surface area contributed by atoms with Crippen LogP contribution < -0.4 is 5.56 Å². The van der Waals surface area contributed by atoms with Gasteiger partial charge in [-0.25, -0.2) is 9.49 Å². The summed E-state index contributed by atoms with van der Waals surface area (Å²) in [4.78, 5) is 41.1. The van der Waals surface area contributed by atoms with Crippen LogP contribution in [0.25, 0.3) is 10.8 Å². The first-order valence-corrected chi connectivity index (χ1v) is 11.5. The van der Waals surface area contributed by atoms with Crippen LogP contribution in [0.4, 0.5) is 4.39 Å². The second-order valence-electron chi connectivity index (χ2n) is 9.37. The topological polar surface area (TPSA) is 86.4 Å². The summed E-state index contributed by atoms with van der Waals surface area (Å²) in [6.45, 7) is 2.00. The van der Waals surface area contributed by atoms with E-state index >= 15 is 0 Å². The van der Waals surface area contributed by atoms with Crippen molar-refractivity contribution in [2.45, 2.75) is 19.3 Å². The van der Waals surface area contributed by atoms with Gasteiger partial charge in [-0.15, -0.1) is 0 Å². The Morgan fingerprint density at radius 3 is 2.35 bits per heavy atom. The van der Waals surface area contributed by atoms with E-state index in [1.54, 1.807) is 29.2 Å². The summed E-state index contributed by atoms with van der Waals surface area (Å²) in [6, 6.07) is 11.7. The van der Waals surface area contributed by atoms with Gasteiger partial charge in [0.1, 0.15) is 5.82 Å². The molecule has 6 rings (SSSR count). The molecule has 1 N–H and O–H groups in total. The number of H-pyrrole nitrogens is 1. The van der Waals surface area contributed by atoms with Crippen LogP contribution in [0, 0.1) is 11.7 Å². The van der Waals surface area contributed by atoms with Crippen molar-refractivity contribution in [2.24, 2.45) is 5.92 Å². The van der Waals surface area contributed by atoms with Crippen molar-refractivity contribution in [1.82, 2.24) is 20.0 Å². The lowest BCUT2D eigenvalue weighted by Gasteiger charge is -2.23. The average molecular weight is 458 g/mol. The number of nitrogens with zero attached hydrogens (tertiary/aromatic N) is 3. The number of carbonyl (C=O) groups excluding carboxylic acids is 2. The fourth-order valence-corrected chi connectivity index (χ4v) is 4.98. The van der Waals surface area contributed by atoms with E-state index in [0.29, 0.717) is 43.7 Å². The predicted octanol–water partition coefficient (Wildman–Crippen LogP) is 2.66. The van der Waals surface area contributed by atoms with E-state index in [9.17, 15) is 18.8 Å². The number of aromatic nitrogens is 2. The van der Waals surface area contributed by atoms with Crippen molar-refractivity contribution in [1.29, 1.82) is 0 Å². The molecule has 2 amide bonds. The maximum absolute atomic E-state index is 14.7. The van der Waals surface area contributed by atoms with Crippen LogP contribution in [0.2, 0.25) is 0 Å². The van der Waals surface area contributed by atoms with Crippen LogP contribution in [0.15, 0.2) is 58.4 Å². The normalized spacial score (nSPS) is 17.6. The Morgan fingerprint density at radius 2 is 1.65 bits per heavy atom. The fourth-order valence-electron chi connectivity index (χ4n) is 4.98. The lowest BCUT2D eigenvalue weighted by Crippen LogP contribution is -2.37. The summed E-state index contributed by atoms with van der Waals surface area (Å²) in [5, 5.41) is 7.97. The van der Waals surface area contributed by atoms with Gasteiger partial charge >= 0.3 is 0 Å². The summed E-state index contributed by atoms with van der Waals surface area (Å²) in [6.07, 6.45) is 2.31. The molecular formula is C26H23FN4O3. The first kappa shape index (κ1) is 20.8. The number of amides is 2. The van der Waals surface area contributed by atoms with Crippen molar-refractivity contribution in [3.63, 3.8) is 0 Å². The Kier molecular flexibility index (Phi) is 4.83. The summed E-state index contributed by atoms with van der Waals surface area (Å²) < 4.78 is 14.7. The van der Waals surface area contributed by atoms with Gasteiger partial charge in [-0.3, -0.25) is 14.4 Å². The minimum Gasteiger partial charge on any atom is -0.334 e. The third kappa shape index (κ3) is 3.59. The van der Waals surface area contributed by atoms with Crippen LogP contribution in [-0.4, -0.2) is 58.0 Å². The molecule has 1 saturated carbocycles. The number of fused-ring (bicyclic) bond motifs is 1. The highest BCUT2D eigenvalue weighted by Gasteiger charge is 2.39. The molecule has 0 saturated heterocycles. The number of hydrogen-bond donors (Lipinski definition) is 1. The Morgan fingerprint density at radius 1 is 0.971 bits per heavy atom. The molecule has 34 heavy (non-hydrogen) atoms. The summed E-state index contributed by atoms with van der Waals surface area (Å²) >= 11 is 0. The van der Waals surface area contributed by atoms with Crippen LogP contribution in [0.1, 0.15) is 34.5 Å². The van der Waals surface area contributed by atoms with Crippen LogP contribution >= 0.6 is 0 Å². The highest BCUT2D eigenvalue weighted by atomic mass is 19.1. The molecule has 7 nitrogen and oxygen atoms in total. The fraction of sp³-hybridized carbons (Fsp3) is 0.308. The number of benzene rings is 2. The van der Waals surface area contributed by atoms with Gasteiger partial charge in [0.15, 0.2) is 0 Å². The zero-order valence-electron chi connectivity index (χ0n) is 18.5. The number of aromatic amines is 1. The van der Waals surface area contributed by atoms with Gasteiger partial charge in [-0.05, 0) is 47.8 Å². The Balaban J connectivity index is 1.20. The lowest BCUT2D eigenvalue weighted by atomic mass is 10.0. The summed E-state index contributed by atoms with van der Waals surface area (Å²) in [5.41, 5.74) is 3.35. The second-order valence-corrected chi connectivity index (χ2v) is 9.37. The molecule has 2 aliphatic heterocycles. The van der Waals surface area contributed by atoms with Crippen LogP contribution in [0.3, 0.4) is 0 Å². The quantitative estimate of drug-likeness (QED) is 0.609. The van der Waals surface area contributed by atoms with E-state index in [1.807, 2.05) is 17.0 Å². The van der Waals surface area contributed by atoms with Crippen molar-refractivity contribution >= 4 is 22.6 Å². The van der Waals surface area contributed by atoms with Gasteiger partial charge < -0.3 is 9.80 Å². The van der Waals surface area contributed by atoms with E-state index in [-0.39, 0.29) is 28.9 Å². The van der Waals surface area contributed by atoms with Gasteiger partial charge in [-0.1, -0.05) is 24.3 Å². The molecule has 0 spiro atoms. The minimum absolute atomic E-state index is 0.0262. The van der Waals surface area contributed by atoms with E-state index in [2.05, 4.69) is 10.2 Å². The number of carbonyl (C=O) groups is 2. The Bertz CT molecular complexity index is 1420. The molecule has 172 valence electrons. The second kappa shape index (κ2) is 7.90. The van der Waals surface area contributed by atoms with E-state index in [0.717, 1.165) is 34.9 Å². The van der Waals surface area contributed by atoms with Gasteiger partial charge in [0, 0.05) is 43.9 Å². The highest BCUT2D eigenvalue weighted by Crippen LogP contribution is 2.35. The molecule has 2 aromatic carbocycles. The smallest absolute Gasteiger partial charge is 0.272 e. The molecule has 1 aliphatic carbocycles. The van der Waals surface area contributed by atoms with Gasteiger partial charge in [0.05, 0.1) is 16.6 Å². The van der Waals surface area contributed by atoms with Crippen molar-refractivity contribution in [2.75, 3.05) is 26.2 Å². The number of hydrogen-bond acceptors (Lipinski definition) is 4. The Labute approximate surface area is 194 Å². The molecular weight excluding hydrogens is 435 g/mol. The minimum atomic E-state index is -0.564. The van der Waals surface area contributed by atoms with Crippen LogP contribution in [0.5, 0.6) is 0 Å². The van der Waals surface area contributed by atoms with E-state index < -0.39 is 5.82 Å². The first-order chi connectivity index (χ1) is 16.5. The van der Waals surface area contributed by atoms with Gasteiger partial charge in [0.2, 0.25) is 5.91 Å². The average Bonchev–Trinajstić information content (AvgIpc) is 3.50. The third-order valence-corrected chi connectivity index (χ3v) is 6.96. The SMILES string of the molecule is O=C(c1cc(Cc2n[nH]c(=O)c3ccccc23)ccc1F)N1CC2=C(C1)CN(C(=O)C1CC1)C2. The number of nitrogens with one attached hydrogen (secondary N) is 1.